The first-order valence-corrected chi connectivity index (χ1v) is 6.27. The highest BCUT2D eigenvalue weighted by atomic mass is 19.1. The lowest BCUT2D eigenvalue weighted by Gasteiger charge is -2.07. The largest absolute Gasteiger partial charge is 0.492 e. The van der Waals surface area contributed by atoms with Crippen LogP contribution in [-0.2, 0) is 7.05 Å². The van der Waals surface area contributed by atoms with Crippen molar-refractivity contribution in [2.75, 3.05) is 13.2 Å². The quantitative estimate of drug-likeness (QED) is 0.824. The summed E-state index contributed by atoms with van der Waals surface area (Å²) < 4.78 is 19.1. The van der Waals surface area contributed by atoms with Crippen molar-refractivity contribution in [2.24, 2.45) is 7.05 Å². The lowest BCUT2D eigenvalue weighted by molar-refractivity contribution is 0.0939. The summed E-state index contributed by atoms with van der Waals surface area (Å²) in [6.45, 7) is 0.504. The Morgan fingerprint density at radius 2 is 2.00 bits per heavy atom. The van der Waals surface area contributed by atoms with Crippen LogP contribution >= 0.6 is 0 Å². The molecular formula is C14H14FN3O3. The molecule has 0 unspecified atom stereocenters. The van der Waals surface area contributed by atoms with Crippen LogP contribution in [0.3, 0.4) is 0 Å². The summed E-state index contributed by atoms with van der Waals surface area (Å²) in [4.78, 5) is 22.9. The van der Waals surface area contributed by atoms with Gasteiger partial charge in [0.15, 0.2) is 0 Å². The van der Waals surface area contributed by atoms with Crippen molar-refractivity contribution in [1.29, 1.82) is 0 Å². The van der Waals surface area contributed by atoms with E-state index in [9.17, 15) is 14.0 Å². The SMILES string of the molecule is Cn1nc(C(=O)NCCOc2ccc(F)cc2)ccc1=O. The van der Waals surface area contributed by atoms with Crippen molar-refractivity contribution in [3.05, 3.63) is 58.3 Å². The van der Waals surface area contributed by atoms with Crippen molar-refractivity contribution >= 4 is 5.91 Å². The van der Waals surface area contributed by atoms with Crippen LogP contribution in [0.15, 0.2) is 41.2 Å². The molecule has 0 atom stereocenters. The third kappa shape index (κ3) is 4.13. The van der Waals surface area contributed by atoms with Gasteiger partial charge in [-0.25, -0.2) is 9.07 Å². The molecule has 0 spiro atoms. The molecule has 0 fully saturated rings. The molecule has 2 rings (SSSR count). The van der Waals surface area contributed by atoms with Gasteiger partial charge in [0.25, 0.3) is 11.5 Å². The maximum atomic E-state index is 12.7. The van der Waals surface area contributed by atoms with Crippen LogP contribution in [0.2, 0.25) is 0 Å². The third-order valence-electron chi connectivity index (χ3n) is 2.66. The molecule has 1 N–H and O–H groups in total. The number of carbonyl (C=O) groups is 1. The molecule has 0 aliphatic rings. The van der Waals surface area contributed by atoms with E-state index in [-0.39, 0.29) is 30.2 Å². The van der Waals surface area contributed by atoms with E-state index in [2.05, 4.69) is 10.4 Å². The molecule has 1 aromatic carbocycles. The van der Waals surface area contributed by atoms with E-state index in [1.807, 2.05) is 0 Å². The molecule has 1 amide bonds. The highest BCUT2D eigenvalue weighted by molar-refractivity contribution is 5.91. The Hall–Kier alpha value is -2.70. The minimum atomic E-state index is -0.395. The van der Waals surface area contributed by atoms with Crippen molar-refractivity contribution in [2.45, 2.75) is 0 Å². The smallest absolute Gasteiger partial charge is 0.271 e. The Labute approximate surface area is 120 Å². The normalized spacial score (nSPS) is 10.2. The number of nitrogens with one attached hydrogen (secondary N) is 1. The second-order valence-electron chi connectivity index (χ2n) is 4.24. The van der Waals surface area contributed by atoms with Gasteiger partial charge < -0.3 is 10.1 Å². The van der Waals surface area contributed by atoms with Crippen molar-refractivity contribution in [1.82, 2.24) is 15.1 Å². The minimum Gasteiger partial charge on any atom is -0.492 e. The van der Waals surface area contributed by atoms with Gasteiger partial charge in [-0.2, -0.15) is 5.10 Å². The maximum Gasteiger partial charge on any atom is 0.271 e. The molecule has 110 valence electrons. The number of amides is 1. The highest BCUT2D eigenvalue weighted by Gasteiger charge is 2.07. The molecule has 0 radical (unpaired) electrons. The molecule has 0 saturated carbocycles. The van der Waals surface area contributed by atoms with Crippen LogP contribution in [0.4, 0.5) is 4.39 Å². The van der Waals surface area contributed by atoms with Gasteiger partial charge in [0, 0.05) is 13.1 Å². The number of rotatable bonds is 5. The predicted molar refractivity (Wildman–Crippen MR) is 73.7 cm³/mol. The fourth-order valence-corrected chi connectivity index (χ4v) is 1.58. The maximum absolute atomic E-state index is 12.7. The van der Waals surface area contributed by atoms with E-state index in [0.717, 1.165) is 4.68 Å². The first kappa shape index (κ1) is 14.7. The van der Waals surface area contributed by atoms with Gasteiger partial charge in [-0.05, 0) is 30.3 Å². The summed E-state index contributed by atoms with van der Waals surface area (Å²) in [6, 6.07) is 8.23. The van der Waals surface area contributed by atoms with Crippen molar-refractivity contribution in [3.63, 3.8) is 0 Å². The second kappa shape index (κ2) is 6.65. The molecule has 0 saturated heterocycles. The standard InChI is InChI=1S/C14H14FN3O3/c1-18-13(19)7-6-12(17-18)14(20)16-8-9-21-11-4-2-10(15)3-5-11/h2-7H,8-9H2,1H3,(H,16,20). The number of aryl methyl sites for hydroxylation is 1. The summed E-state index contributed by atoms with van der Waals surface area (Å²) in [5, 5.41) is 6.44. The molecule has 1 heterocycles. The van der Waals surface area contributed by atoms with Crippen molar-refractivity contribution in [3.8, 4) is 5.75 Å². The number of nitrogens with zero attached hydrogens (tertiary/aromatic N) is 2. The predicted octanol–water partition coefficient (Wildman–Crippen LogP) is 0.728. The number of aromatic nitrogens is 2. The molecular weight excluding hydrogens is 277 g/mol. The Bertz CT molecular complexity index is 683. The zero-order valence-electron chi connectivity index (χ0n) is 11.4. The van der Waals surface area contributed by atoms with E-state index in [1.165, 1.54) is 43.4 Å². The molecule has 0 aliphatic heterocycles. The van der Waals surface area contributed by atoms with Crippen LogP contribution in [0.1, 0.15) is 10.5 Å². The van der Waals surface area contributed by atoms with Gasteiger partial charge in [-0.3, -0.25) is 9.59 Å². The van der Waals surface area contributed by atoms with E-state index in [4.69, 9.17) is 4.74 Å². The average molecular weight is 291 g/mol. The molecule has 2 aromatic rings. The lowest BCUT2D eigenvalue weighted by atomic mass is 10.3. The molecule has 6 nitrogen and oxygen atoms in total. The van der Waals surface area contributed by atoms with Crippen LogP contribution in [-0.4, -0.2) is 28.8 Å². The summed E-state index contributed by atoms with van der Waals surface area (Å²) in [5.74, 6) is -0.212. The van der Waals surface area contributed by atoms with Gasteiger partial charge in [0.05, 0.1) is 6.54 Å². The van der Waals surface area contributed by atoms with E-state index in [1.54, 1.807) is 0 Å². The zero-order valence-corrected chi connectivity index (χ0v) is 11.4. The summed E-state index contributed by atoms with van der Waals surface area (Å²) in [5.41, 5.74) is -0.134. The molecule has 0 bridgehead atoms. The van der Waals surface area contributed by atoms with Gasteiger partial charge in [0.2, 0.25) is 0 Å². The first-order chi connectivity index (χ1) is 10.1. The molecule has 0 aliphatic carbocycles. The number of hydrogen-bond acceptors (Lipinski definition) is 4. The Balaban J connectivity index is 1.80. The number of halogens is 1. The summed E-state index contributed by atoms with van der Waals surface area (Å²) >= 11 is 0. The van der Waals surface area contributed by atoms with Gasteiger partial charge >= 0.3 is 0 Å². The fraction of sp³-hybridized carbons (Fsp3) is 0.214. The Morgan fingerprint density at radius 3 is 2.67 bits per heavy atom. The van der Waals surface area contributed by atoms with Crippen LogP contribution < -0.4 is 15.6 Å². The molecule has 21 heavy (non-hydrogen) atoms. The highest BCUT2D eigenvalue weighted by Crippen LogP contribution is 2.10. The monoisotopic (exact) mass is 291 g/mol. The van der Waals surface area contributed by atoms with Gasteiger partial charge in [0.1, 0.15) is 23.9 Å². The topological polar surface area (TPSA) is 73.2 Å². The third-order valence-corrected chi connectivity index (χ3v) is 2.66. The fourth-order valence-electron chi connectivity index (χ4n) is 1.58. The number of benzene rings is 1. The minimum absolute atomic E-state index is 0.152. The van der Waals surface area contributed by atoms with E-state index < -0.39 is 5.91 Å². The van der Waals surface area contributed by atoms with E-state index >= 15 is 0 Å². The summed E-state index contributed by atoms with van der Waals surface area (Å²) in [6.07, 6.45) is 0. The van der Waals surface area contributed by atoms with Crippen LogP contribution in [0.5, 0.6) is 5.75 Å². The summed E-state index contributed by atoms with van der Waals surface area (Å²) in [7, 11) is 1.47. The Kier molecular flexibility index (Phi) is 4.65. The molecule has 1 aromatic heterocycles. The number of carbonyl (C=O) groups excluding carboxylic acids is 1. The lowest BCUT2D eigenvalue weighted by Crippen LogP contribution is -2.31. The number of ether oxygens (including phenoxy) is 1. The van der Waals surface area contributed by atoms with E-state index in [0.29, 0.717) is 5.75 Å². The van der Waals surface area contributed by atoms with Crippen LogP contribution in [0.25, 0.3) is 0 Å². The van der Waals surface area contributed by atoms with Crippen molar-refractivity contribution < 1.29 is 13.9 Å². The zero-order chi connectivity index (χ0) is 15.2. The first-order valence-electron chi connectivity index (χ1n) is 6.27. The molecule has 7 heteroatoms. The van der Waals surface area contributed by atoms with Gasteiger partial charge in [-0.1, -0.05) is 0 Å². The van der Waals surface area contributed by atoms with Crippen LogP contribution in [0, 0.1) is 5.82 Å². The average Bonchev–Trinajstić information content (AvgIpc) is 2.48. The Morgan fingerprint density at radius 1 is 1.29 bits per heavy atom. The van der Waals surface area contributed by atoms with Gasteiger partial charge in [-0.15, -0.1) is 0 Å². The second-order valence-corrected chi connectivity index (χ2v) is 4.24. The number of hydrogen-bond donors (Lipinski definition) is 1.